The van der Waals surface area contributed by atoms with Crippen LogP contribution in [0.15, 0.2) is 42.7 Å². The number of para-hydroxylation sites is 1. The summed E-state index contributed by atoms with van der Waals surface area (Å²) in [6.45, 7) is 4.64. The van der Waals surface area contributed by atoms with E-state index in [2.05, 4.69) is 21.5 Å². The molecular formula is C21H24N4O2. The second kappa shape index (κ2) is 7.12. The Morgan fingerprint density at radius 1 is 1.33 bits per heavy atom. The average Bonchev–Trinajstić information content (AvgIpc) is 3.04. The van der Waals surface area contributed by atoms with Gasteiger partial charge in [-0.25, -0.2) is 0 Å². The van der Waals surface area contributed by atoms with E-state index in [0.717, 1.165) is 28.7 Å². The van der Waals surface area contributed by atoms with Gasteiger partial charge in [0.05, 0.1) is 29.4 Å². The van der Waals surface area contributed by atoms with Crippen LogP contribution in [-0.4, -0.2) is 31.9 Å². The maximum Gasteiger partial charge on any atom is 0.255 e. The Morgan fingerprint density at radius 3 is 2.81 bits per heavy atom. The van der Waals surface area contributed by atoms with Crippen LogP contribution in [0.2, 0.25) is 0 Å². The van der Waals surface area contributed by atoms with Gasteiger partial charge in [0.1, 0.15) is 0 Å². The molecule has 1 atom stereocenters. The van der Waals surface area contributed by atoms with Gasteiger partial charge in [0.25, 0.3) is 5.91 Å². The van der Waals surface area contributed by atoms with Crippen LogP contribution in [-0.2, 0) is 6.54 Å². The Hall–Kier alpha value is -2.73. The summed E-state index contributed by atoms with van der Waals surface area (Å²) >= 11 is 0. The van der Waals surface area contributed by atoms with Crippen molar-refractivity contribution in [1.82, 2.24) is 20.1 Å². The molecule has 1 amide bonds. The molecule has 0 saturated heterocycles. The highest BCUT2D eigenvalue weighted by atomic mass is 16.3. The summed E-state index contributed by atoms with van der Waals surface area (Å²) in [5.41, 5.74) is 3.36. The molecule has 1 aliphatic carbocycles. The minimum atomic E-state index is -0.285. The van der Waals surface area contributed by atoms with Crippen molar-refractivity contribution in [3.05, 3.63) is 59.5 Å². The summed E-state index contributed by atoms with van der Waals surface area (Å²) in [4.78, 5) is 17.5. The van der Waals surface area contributed by atoms with Gasteiger partial charge in [0, 0.05) is 23.8 Å². The molecular weight excluding hydrogens is 340 g/mol. The molecule has 0 spiro atoms. The van der Waals surface area contributed by atoms with Crippen molar-refractivity contribution in [1.29, 1.82) is 0 Å². The van der Waals surface area contributed by atoms with E-state index in [0.29, 0.717) is 18.4 Å². The zero-order valence-corrected chi connectivity index (χ0v) is 15.6. The van der Waals surface area contributed by atoms with Crippen molar-refractivity contribution >= 4 is 16.8 Å². The number of aromatic nitrogens is 3. The summed E-state index contributed by atoms with van der Waals surface area (Å²) in [5.74, 6) is 0.0696. The standard InChI is InChI=1S/C21H24N4O2/c1-3-25-13(2)18(12-23-25)21(27)24-20(15-9-17(26)10-15)16-8-14-6-4-5-7-19(14)22-11-16/h4-8,11-12,15,17,20,26H,3,9-10H2,1-2H3,(H,24,27)/t15?,17?,20-/m0/s1. The quantitative estimate of drug-likeness (QED) is 0.729. The summed E-state index contributed by atoms with van der Waals surface area (Å²) in [6.07, 6.45) is 4.54. The van der Waals surface area contributed by atoms with Gasteiger partial charge in [-0.3, -0.25) is 14.5 Å². The van der Waals surface area contributed by atoms with Gasteiger partial charge in [0.15, 0.2) is 0 Å². The number of aryl methyl sites for hydroxylation is 1. The van der Waals surface area contributed by atoms with E-state index in [1.807, 2.05) is 49.0 Å². The van der Waals surface area contributed by atoms with Crippen LogP contribution in [0.5, 0.6) is 0 Å². The van der Waals surface area contributed by atoms with E-state index in [9.17, 15) is 9.90 Å². The highest BCUT2D eigenvalue weighted by Crippen LogP contribution is 2.38. The molecule has 0 radical (unpaired) electrons. The van der Waals surface area contributed by atoms with Crippen LogP contribution in [0, 0.1) is 12.8 Å². The Labute approximate surface area is 158 Å². The van der Waals surface area contributed by atoms with Crippen LogP contribution in [0.1, 0.15) is 47.4 Å². The van der Waals surface area contributed by atoms with E-state index in [-0.39, 0.29) is 24.0 Å². The van der Waals surface area contributed by atoms with Gasteiger partial charge >= 0.3 is 0 Å². The molecule has 6 nitrogen and oxygen atoms in total. The van der Waals surface area contributed by atoms with Gasteiger partial charge in [-0.1, -0.05) is 18.2 Å². The Bertz CT molecular complexity index is 975. The van der Waals surface area contributed by atoms with E-state index in [4.69, 9.17) is 0 Å². The Balaban J connectivity index is 1.64. The lowest BCUT2D eigenvalue weighted by Crippen LogP contribution is -2.41. The van der Waals surface area contributed by atoms with E-state index >= 15 is 0 Å². The predicted molar refractivity (Wildman–Crippen MR) is 103 cm³/mol. The second-order valence-corrected chi connectivity index (χ2v) is 7.26. The first-order chi connectivity index (χ1) is 13.1. The van der Waals surface area contributed by atoms with Crippen molar-refractivity contribution in [2.24, 2.45) is 5.92 Å². The third-order valence-corrected chi connectivity index (χ3v) is 5.53. The lowest BCUT2D eigenvalue weighted by Gasteiger charge is -2.38. The molecule has 0 unspecified atom stereocenters. The fourth-order valence-electron chi connectivity index (χ4n) is 3.84. The number of fused-ring (bicyclic) bond motifs is 1. The van der Waals surface area contributed by atoms with Crippen molar-refractivity contribution in [3.63, 3.8) is 0 Å². The molecule has 1 aliphatic rings. The monoisotopic (exact) mass is 364 g/mol. The first-order valence-corrected chi connectivity index (χ1v) is 9.42. The summed E-state index contributed by atoms with van der Waals surface area (Å²) < 4.78 is 1.81. The maximum absolute atomic E-state index is 12.9. The summed E-state index contributed by atoms with van der Waals surface area (Å²) in [7, 11) is 0. The zero-order chi connectivity index (χ0) is 19.0. The van der Waals surface area contributed by atoms with Gasteiger partial charge in [-0.05, 0) is 50.3 Å². The minimum Gasteiger partial charge on any atom is -0.393 e. The predicted octanol–water partition coefficient (Wildman–Crippen LogP) is 3.00. The number of nitrogens with zero attached hydrogens (tertiary/aromatic N) is 3. The molecule has 1 fully saturated rings. The highest BCUT2D eigenvalue weighted by Gasteiger charge is 2.36. The van der Waals surface area contributed by atoms with Gasteiger partial charge < -0.3 is 10.4 Å². The molecule has 1 aromatic carbocycles. The van der Waals surface area contributed by atoms with E-state index in [1.165, 1.54) is 0 Å². The van der Waals surface area contributed by atoms with Crippen molar-refractivity contribution in [2.75, 3.05) is 0 Å². The van der Waals surface area contributed by atoms with Gasteiger partial charge in [0.2, 0.25) is 0 Å². The highest BCUT2D eigenvalue weighted by molar-refractivity contribution is 5.95. The number of carbonyl (C=O) groups is 1. The van der Waals surface area contributed by atoms with Crippen LogP contribution >= 0.6 is 0 Å². The first kappa shape index (κ1) is 17.7. The number of nitrogens with one attached hydrogen (secondary N) is 1. The van der Waals surface area contributed by atoms with Crippen molar-refractivity contribution < 1.29 is 9.90 Å². The number of benzene rings is 1. The number of aliphatic hydroxyl groups excluding tert-OH is 1. The molecule has 3 aromatic rings. The molecule has 0 bridgehead atoms. The number of rotatable bonds is 5. The Morgan fingerprint density at radius 2 is 2.11 bits per heavy atom. The molecule has 4 rings (SSSR count). The fourth-order valence-corrected chi connectivity index (χ4v) is 3.84. The van der Waals surface area contributed by atoms with Crippen molar-refractivity contribution in [2.45, 2.75) is 45.4 Å². The number of amides is 1. The second-order valence-electron chi connectivity index (χ2n) is 7.26. The number of hydrogen-bond acceptors (Lipinski definition) is 4. The lowest BCUT2D eigenvalue weighted by atomic mass is 9.75. The molecule has 6 heteroatoms. The lowest BCUT2D eigenvalue weighted by molar-refractivity contribution is 0.0235. The van der Waals surface area contributed by atoms with E-state index in [1.54, 1.807) is 6.20 Å². The van der Waals surface area contributed by atoms with Gasteiger partial charge in [-0.2, -0.15) is 5.10 Å². The zero-order valence-electron chi connectivity index (χ0n) is 15.6. The minimum absolute atomic E-state index is 0.133. The van der Waals surface area contributed by atoms with Gasteiger partial charge in [-0.15, -0.1) is 0 Å². The number of hydrogen-bond donors (Lipinski definition) is 2. The smallest absolute Gasteiger partial charge is 0.255 e. The third-order valence-electron chi connectivity index (χ3n) is 5.53. The molecule has 2 heterocycles. The average molecular weight is 364 g/mol. The third kappa shape index (κ3) is 3.32. The summed E-state index contributed by atoms with van der Waals surface area (Å²) in [6, 6.07) is 9.85. The fraction of sp³-hybridized carbons (Fsp3) is 0.381. The Kier molecular flexibility index (Phi) is 4.66. The first-order valence-electron chi connectivity index (χ1n) is 9.42. The molecule has 0 aliphatic heterocycles. The normalized spacial score (nSPS) is 20.3. The van der Waals surface area contributed by atoms with Crippen molar-refractivity contribution in [3.8, 4) is 0 Å². The van der Waals surface area contributed by atoms with E-state index < -0.39 is 0 Å². The van der Waals surface area contributed by atoms with Crippen LogP contribution in [0.3, 0.4) is 0 Å². The van der Waals surface area contributed by atoms with Crippen LogP contribution in [0.4, 0.5) is 0 Å². The van der Waals surface area contributed by atoms with Crippen LogP contribution in [0.25, 0.3) is 10.9 Å². The molecule has 27 heavy (non-hydrogen) atoms. The molecule has 1 saturated carbocycles. The SMILES string of the molecule is CCn1ncc(C(=O)N[C@H](c2cnc3ccccc3c2)C2CC(O)C2)c1C. The largest absolute Gasteiger partial charge is 0.393 e. The number of aliphatic hydroxyl groups is 1. The maximum atomic E-state index is 12.9. The summed E-state index contributed by atoms with van der Waals surface area (Å²) in [5, 5.41) is 18.3. The molecule has 140 valence electrons. The van der Waals surface area contributed by atoms with Crippen LogP contribution < -0.4 is 5.32 Å². The molecule has 2 N–H and O–H groups in total. The molecule has 2 aromatic heterocycles. The number of pyridine rings is 1. The number of carbonyl (C=O) groups excluding carboxylic acids is 1. The topological polar surface area (TPSA) is 80.0 Å².